The molecular weight excluding hydrogens is 374 g/mol. The number of carbonyl (C=O) groups excluding carboxylic acids is 1. The molecule has 140 valence electrons. The Morgan fingerprint density at radius 3 is 2.68 bits per heavy atom. The van der Waals surface area contributed by atoms with Crippen LogP contribution in [0.2, 0.25) is 0 Å². The molecule has 7 heteroatoms. The van der Waals surface area contributed by atoms with Gasteiger partial charge in [-0.15, -0.1) is 11.3 Å². The van der Waals surface area contributed by atoms with Gasteiger partial charge in [0.25, 0.3) is 0 Å². The van der Waals surface area contributed by atoms with Crippen LogP contribution in [0, 0.1) is 0 Å². The first kappa shape index (κ1) is 17.9. The third kappa shape index (κ3) is 4.44. The summed E-state index contributed by atoms with van der Waals surface area (Å²) in [6, 6.07) is 20.9. The summed E-state index contributed by atoms with van der Waals surface area (Å²) in [6.45, 7) is 0.211. The minimum Gasteiger partial charge on any atom is -0.444 e. The van der Waals surface area contributed by atoms with E-state index in [9.17, 15) is 4.79 Å². The van der Waals surface area contributed by atoms with Crippen molar-refractivity contribution in [3.05, 3.63) is 89.1 Å². The number of nitrogens with zero attached hydrogens (tertiary/aromatic N) is 2. The summed E-state index contributed by atoms with van der Waals surface area (Å²) in [7, 11) is 0. The van der Waals surface area contributed by atoms with Crippen molar-refractivity contribution in [3.63, 3.8) is 0 Å². The average molecular weight is 391 g/mol. The molecule has 2 aromatic carbocycles. The summed E-state index contributed by atoms with van der Waals surface area (Å²) in [5.41, 5.74) is 2.44. The molecule has 0 aliphatic carbocycles. The van der Waals surface area contributed by atoms with Gasteiger partial charge in [-0.2, -0.15) is 4.98 Å². The van der Waals surface area contributed by atoms with Crippen LogP contribution in [-0.4, -0.2) is 16.2 Å². The van der Waals surface area contributed by atoms with Gasteiger partial charge in [0.2, 0.25) is 11.7 Å². The first-order chi connectivity index (χ1) is 13.8. The number of anilines is 1. The Balaban J connectivity index is 1.41. The summed E-state index contributed by atoms with van der Waals surface area (Å²) in [6.07, 6.45) is -0.103. The fraction of sp³-hybridized carbons (Fsp3) is 0.0952. The molecule has 0 saturated carbocycles. The number of hydrogen-bond donors (Lipinski definition) is 1. The van der Waals surface area contributed by atoms with E-state index in [4.69, 9.17) is 9.26 Å². The van der Waals surface area contributed by atoms with Crippen LogP contribution in [0.5, 0.6) is 0 Å². The number of hydrogen-bond acceptors (Lipinski definition) is 6. The van der Waals surface area contributed by atoms with E-state index in [0.717, 1.165) is 16.0 Å². The maximum absolute atomic E-state index is 12.2. The standard InChI is InChI=1S/C21H17N3O3S/c25-21(26-14-15-7-2-1-3-8-15)22-17-10-5-4-9-16(17)13-19-23-20(24-27-19)18-11-6-12-28-18/h1-12H,13-14H2,(H,22,25). The average Bonchev–Trinajstić information content (AvgIpc) is 3.41. The number of para-hydroxylation sites is 1. The van der Waals surface area contributed by atoms with Crippen molar-refractivity contribution in [3.8, 4) is 10.7 Å². The molecule has 6 nitrogen and oxygen atoms in total. The molecule has 1 N–H and O–H groups in total. The predicted molar refractivity (Wildman–Crippen MR) is 107 cm³/mol. The normalized spacial score (nSPS) is 10.6. The molecule has 0 unspecified atom stereocenters. The zero-order chi connectivity index (χ0) is 19.2. The molecule has 28 heavy (non-hydrogen) atoms. The molecule has 4 rings (SSSR count). The van der Waals surface area contributed by atoms with Gasteiger partial charge in [0, 0.05) is 5.69 Å². The van der Waals surface area contributed by atoms with E-state index >= 15 is 0 Å². The zero-order valence-electron chi connectivity index (χ0n) is 14.9. The van der Waals surface area contributed by atoms with Crippen molar-refractivity contribution in [2.75, 3.05) is 5.32 Å². The molecule has 2 aromatic heterocycles. The van der Waals surface area contributed by atoms with Gasteiger partial charge in [-0.05, 0) is 28.6 Å². The fourth-order valence-corrected chi connectivity index (χ4v) is 3.31. The van der Waals surface area contributed by atoms with Crippen LogP contribution in [0.15, 0.2) is 76.6 Å². The highest BCUT2D eigenvalue weighted by atomic mass is 32.1. The monoisotopic (exact) mass is 391 g/mol. The number of aromatic nitrogens is 2. The number of amides is 1. The van der Waals surface area contributed by atoms with Crippen molar-refractivity contribution in [1.82, 2.24) is 10.1 Å². The van der Waals surface area contributed by atoms with Gasteiger partial charge in [0.1, 0.15) is 6.61 Å². The van der Waals surface area contributed by atoms with Crippen molar-refractivity contribution < 1.29 is 14.1 Å². The molecule has 0 aliphatic heterocycles. The second-order valence-corrected chi connectivity index (χ2v) is 6.96. The largest absolute Gasteiger partial charge is 0.444 e. The van der Waals surface area contributed by atoms with Crippen molar-refractivity contribution in [2.45, 2.75) is 13.0 Å². The number of benzene rings is 2. The van der Waals surface area contributed by atoms with Gasteiger partial charge in [0.15, 0.2) is 0 Å². The second-order valence-electron chi connectivity index (χ2n) is 6.01. The minimum atomic E-state index is -0.513. The minimum absolute atomic E-state index is 0.211. The Hall–Kier alpha value is -3.45. The summed E-state index contributed by atoms with van der Waals surface area (Å²) >= 11 is 1.55. The molecule has 0 saturated heterocycles. The lowest BCUT2D eigenvalue weighted by molar-refractivity contribution is 0.155. The first-order valence-electron chi connectivity index (χ1n) is 8.70. The number of carbonyl (C=O) groups is 1. The van der Waals surface area contributed by atoms with E-state index < -0.39 is 6.09 Å². The lowest BCUT2D eigenvalue weighted by Crippen LogP contribution is -2.14. The predicted octanol–water partition coefficient (Wildman–Crippen LogP) is 5.14. The highest BCUT2D eigenvalue weighted by molar-refractivity contribution is 7.13. The van der Waals surface area contributed by atoms with Gasteiger partial charge in [-0.3, -0.25) is 5.32 Å². The van der Waals surface area contributed by atoms with Gasteiger partial charge in [-0.1, -0.05) is 59.8 Å². The molecule has 0 spiro atoms. The third-order valence-electron chi connectivity index (χ3n) is 4.02. The third-order valence-corrected chi connectivity index (χ3v) is 4.88. The van der Waals surface area contributed by atoms with Crippen molar-refractivity contribution in [2.24, 2.45) is 0 Å². The Kier molecular flexibility index (Phi) is 5.44. The van der Waals surface area contributed by atoms with E-state index in [1.54, 1.807) is 11.3 Å². The Morgan fingerprint density at radius 1 is 1.04 bits per heavy atom. The highest BCUT2D eigenvalue weighted by Crippen LogP contribution is 2.23. The molecule has 0 aliphatic rings. The zero-order valence-corrected chi connectivity index (χ0v) is 15.7. The van der Waals surface area contributed by atoms with Crippen LogP contribution in [0.25, 0.3) is 10.7 Å². The molecule has 4 aromatic rings. The topological polar surface area (TPSA) is 77.3 Å². The lowest BCUT2D eigenvalue weighted by Gasteiger charge is -2.10. The van der Waals surface area contributed by atoms with Gasteiger partial charge >= 0.3 is 6.09 Å². The second kappa shape index (κ2) is 8.49. The van der Waals surface area contributed by atoms with Crippen molar-refractivity contribution in [1.29, 1.82) is 0 Å². The van der Waals surface area contributed by atoms with Gasteiger partial charge in [-0.25, -0.2) is 4.79 Å². The molecule has 0 radical (unpaired) electrons. The molecule has 0 fully saturated rings. The molecular formula is C21H17N3O3S. The van der Waals surface area contributed by atoms with Crippen LogP contribution < -0.4 is 5.32 Å². The molecule has 0 atom stereocenters. The Bertz CT molecular complexity index is 1050. The Morgan fingerprint density at radius 2 is 1.86 bits per heavy atom. The summed E-state index contributed by atoms with van der Waals surface area (Å²) < 4.78 is 10.6. The molecule has 0 bridgehead atoms. The number of rotatable bonds is 6. The maximum Gasteiger partial charge on any atom is 0.411 e. The van der Waals surface area contributed by atoms with Gasteiger partial charge < -0.3 is 9.26 Å². The number of nitrogens with one attached hydrogen (secondary N) is 1. The van der Waals surface area contributed by atoms with Crippen LogP contribution in [0.3, 0.4) is 0 Å². The molecule has 2 heterocycles. The van der Waals surface area contributed by atoms with E-state index in [0.29, 0.717) is 23.8 Å². The summed E-state index contributed by atoms with van der Waals surface area (Å²) in [5, 5.41) is 8.77. The highest BCUT2D eigenvalue weighted by Gasteiger charge is 2.13. The summed E-state index contributed by atoms with van der Waals surface area (Å²) in [5.74, 6) is 1.05. The number of ether oxygens (including phenoxy) is 1. The molecule has 1 amide bonds. The van der Waals surface area contributed by atoms with E-state index in [2.05, 4.69) is 15.5 Å². The quantitative estimate of drug-likeness (QED) is 0.492. The van der Waals surface area contributed by atoms with E-state index in [-0.39, 0.29) is 6.61 Å². The Labute approximate surface area is 165 Å². The first-order valence-corrected chi connectivity index (χ1v) is 9.58. The smallest absolute Gasteiger partial charge is 0.411 e. The van der Waals surface area contributed by atoms with Gasteiger partial charge in [0.05, 0.1) is 11.3 Å². The van der Waals surface area contributed by atoms with E-state index in [1.165, 1.54) is 0 Å². The van der Waals surface area contributed by atoms with Crippen LogP contribution >= 0.6 is 11.3 Å². The maximum atomic E-state index is 12.2. The fourth-order valence-electron chi connectivity index (χ4n) is 2.66. The SMILES string of the molecule is O=C(Nc1ccccc1Cc1nc(-c2cccs2)no1)OCc1ccccc1. The van der Waals surface area contributed by atoms with Crippen LogP contribution in [-0.2, 0) is 17.8 Å². The van der Waals surface area contributed by atoms with Crippen molar-refractivity contribution >= 4 is 23.1 Å². The van der Waals surface area contributed by atoms with Crippen LogP contribution in [0.1, 0.15) is 17.0 Å². The number of thiophene rings is 1. The summed E-state index contributed by atoms with van der Waals surface area (Å²) in [4.78, 5) is 17.5. The lowest BCUT2D eigenvalue weighted by atomic mass is 10.1. The van der Waals surface area contributed by atoms with E-state index in [1.807, 2.05) is 72.1 Å². The van der Waals surface area contributed by atoms with Crippen LogP contribution in [0.4, 0.5) is 10.5 Å².